The summed E-state index contributed by atoms with van der Waals surface area (Å²) in [6.45, 7) is 7.36. The second kappa shape index (κ2) is 3.63. The Bertz CT molecular complexity index is 346. The minimum absolute atomic E-state index is 0.0874. The van der Waals surface area contributed by atoms with E-state index in [0.29, 0.717) is 5.92 Å². The van der Waals surface area contributed by atoms with Crippen LogP contribution in [0.25, 0.3) is 0 Å². The van der Waals surface area contributed by atoms with Gasteiger partial charge in [-0.2, -0.15) is 5.10 Å². The van der Waals surface area contributed by atoms with Crippen LogP contribution in [0.2, 0.25) is 0 Å². The summed E-state index contributed by atoms with van der Waals surface area (Å²) < 4.78 is 2.17. The summed E-state index contributed by atoms with van der Waals surface area (Å²) in [6.07, 6.45) is 5.65. The Morgan fingerprint density at radius 2 is 2.27 bits per heavy atom. The smallest absolute Gasteiger partial charge is 0.0546 e. The Kier molecular flexibility index (Phi) is 2.59. The molecule has 1 aromatic heterocycles. The lowest BCUT2D eigenvalue weighted by molar-refractivity contribution is 0.337. The molecule has 3 heteroatoms. The number of nitrogens with two attached hydrogens (primary N) is 1. The minimum atomic E-state index is 0.0874. The molecule has 0 aliphatic heterocycles. The molecule has 3 nitrogen and oxygen atoms in total. The van der Waals surface area contributed by atoms with Gasteiger partial charge in [0.15, 0.2) is 0 Å². The molecule has 2 N–H and O–H groups in total. The lowest BCUT2D eigenvalue weighted by Gasteiger charge is -2.27. The molecular weight excluding hydrogens is 186 g/mol. The molecule has 15 heavy (non-hydrogen) atoms. The fourth-order valence-corrected chi connectivity index (χ4v) is 2.47. The van der Waals surface area contributed by atoms with Gasteiger partial charge in [-0.1, -0.05) is 0 Å². The molecule has 0 saturated heterocycles. The zero-order chi connectivity index (χ0) is 11.1. The summed E-state index contributed by atoms with van der Waals surface area (Å²) in [5.41, 5.74) is 8.68. The maximum atomic E-state index is 5.80. The van der Waals surface area contributed by atoms with E-state index in [-0.39, 0.29) is 5.54 Å². The molecule has 1 heterocycles. The van der Waals surface area contributed by atoms with Gasteiger partial charge in [0, 0.05) is 5.69 Å². The van der Waals surface area contributed by atoms with Crippen LogP contribution in [0.3, 0.4) is 0 Å². The van der Waals surface area contributed by atoms with Gasteiger partial charge in [0.2, 0.25) is 0 Å². The molecule has 1 aromatic rings. The molecule has 1 unspecified atom stereocenters. The Morgan fingerprint density at radius 3 is 2.87 bits per heavy atom. The van der Waals surface area contributed by atoms with Crippen molar-refractivity contribution in [1.29, 1.82) is 0 Å². The van der Waals surface area contributed by atoms with Gasteiger partial charge >= 0.3 is 0 Å². The first kappa shape index (κ1) is 10.7. The molecule has 1 aliphatic carbocycles. The minimum Gasteiger partial charge on any atom is -0.330 e. The van der Waals surface area contributed by atoms with Crippen molar-refractivity contribution in [3.05, 3.63) is 17.5 Å². The number of aromatic nitrogens is 2. The highest BCUT2D eigenvalue weighted by Crippen LogP contribution is 2.32. The van der Waals surface area contributed by atoms with Crippen LogP contribution in [0.1, 0.15) is 50.8 Å². The van der Waals surface area contributed by atoms with Gasteiger partial charge in [-0.3, -0.25) is 4.68 Å². The van der Waals surface area contributed by atoms with Crippen molar-refractivity contribution in [1.82, 2.24) is 9.78 Å². The van der Waals surface area contributed by atoms with Crippen molar-refractivity contribution in [3.63, 3.8) is 0 Å². The molecule has 0 saturated carbocycles. The zero-order valence-electron chi connectivity index (χ0n) is 9.95. The monoisotopic (exact) mass is 207 g/mol. The normalized spacial score (nSPS) is 21.5. The summed E-state index contributed by atoms with van der Waals surface area (Å²) in [6, 6.07) is 0. The quantitative estimate of drug-likeness (QED) is 0.765. The highest BCUT2D eigenvalue weighted by Gasteiger charge is 2.27. The predicted molar refractivity (Wildman–Crippen MR) is 62.0 cm³/mol. The maximum Gasteiger partial charge on any atom is 0.0546 e. The zero-order valence-corrected chi connectivity index (χ0v) is 9.95. The summed E-state index contributed by atoms with van der Waals surface area (Å²) in [5, 5.41) is 4.53. The highest BCUT2D eigenvalue weighted by atomic mass is 15.3. The molecule has 0 spiro atoms. The maximum absolute atomic E-state index is 5.80. The van der Waals surface area contributed by atoms with Gasteiger partial charge in [-0.05, 0) is 58.1 Å². The van der Waals surface area contributed by atoms with E-state index < -0.39 is 0 Å². The van der Waals surface area contributed by atoms with E-state index in [1.165, 1.54) is 24.1 Å². The molecule has 84 valence electrons. The molecule has 0 fully saturated rings. The largest absolute Gasteiger partial charge is 0.330 e. The molecule has 0 radical (unpaired) electrons. The van der Waals surface area contributed by atoms with E-state index in [1.807, 2.05) is 6.20 Å². The standard InChI is InChI=1S/C12H21N3/c1-12(2,3)15-11-6-4-5-9(7-13)10(11)8-14-15/h8-9H,4-7,13H2,1-3H3. The van der Waals surface area contributed by atoms with Crippen LogP contribution in [0.5, 0.6) is 0 Å². The third kappa shape index (κ3) is 1.81. The van der Waals surface area contributed by atoms with Crippen molar-refractivity contribution >= 4 is 0 Å². The van der Waals surface area contributed by atoms with Crippen LogP contribution < -0.4 is 5.73 Å². The number of hydrogen-bond acceptors (Lipinski definition) is 2. The summed E-state index contributed by atoms with van der Waals surface area (Å²) >= 11 is 0. The molecule has 0 bridgehead atoms. The fraction of sp³-hybridized carbons (Fsp3) is 0.750. The van der Waals surface area contributed by atoms with Gasteiger partial charge in [-0.25, -0.2) is 0 Å². The van der Waals surface area contributed by atoms with Crippen molar-refractivity contribution in [2.24, 2.45) is 5.73 Å². The Balaban J connectivity index is 2.42. The Hall–Kier alpha value is -0.830. The summed E-state index contributed by atoms with van der Waals surface area (Å²) in [4.78, 5) is 0. The van der Waals surface area contributed by atoms with E-state index in [1.54, 1.807) is 0 Å². The molecule has 2 rings (SSSR count). The van der Waals surface area contributed by atoms with Crippen LogP contribution in [-0.4, -0.2) is 16.3 Å². The lowest BCUT2D eigenvalue weighted by atomic mass is 9.87. The lowest BCUT2D eigenvalue weighted by Crippen LogP contribution is -2.27. The van der Waals surface area contributed by atoms with Crippen molar-refractivity contribution < 1.29 is 0 Å². The molecular formula is C12H21N3. The first-order chi connectivity index (χ1) is 7.04. The number of rotatable bonds is 1. The van der Waals surface area contributed by atoms with E-state index in [2.05, 4.69) is 30.6 Å². The second-order valence-electron chi connectivity index (χ2n) is 5.45. The first-order valence-electron chi connectivity index (χ1n) is 5.81. The van der Waals surface area contributed by atoms with Gasteiger partial charge < -0.3 is 5.73 Å². The number of hydrogen-bond donors (Lipinski definition) is 1. The average Bonchev–Trinajstić information content (AvgIpc) is 2.59. The third-order valence-corrected chi connectivity index (χ3v) is 3.23. The van der Waals surface area contributed by atoms with E-state index >= 15 is 0 Å². The number of fused-ring (bicyclic) bond motifs is 1. The number of nitrogens with zero attached hydrogens (tertiary/aromatic N) is 2. The average molecular weight is 207 g/mol. The van der Waals surface area contributed by atoms with Gasteiger partial charge in [0.1, 0.15) is 0 Å². The van der Waals surface area contributed by atoms with E-state index in [4.69, 9.17) is 5.73 Å². The van der Waals surface area contributed by atoms with Crippen molar-refractivity contribution in [2.75, 3.05) is 6.54 Å². The van der Waals surface area contributed by atoms with Crippen LogP contribution >= 0.6 is 0 Å². The Labute approximate surface area is 91.7 Å². The van der Waals surface area contributed by atoms with Crippen LogP contribution in [0, 0.1) is 0 Å². The van der Waals surface area contributed by atoms with E-state index in [0.717, 1.165) is 13.0 Å². The Morgan fingerprint density at radius 1 is 1.53 bits per heavy atom. The highest BCUT2D eigenvalue weighted by molar-refractivity contribution is 5.26. The van der Waals surface area contributed by atoms with Gasteiger partial charge in [0.05, 0.1) is 11.7 Å². The molecule has 1 aliphatic rings. The third-order valence-electron chi connectivity index (χ3n) is 3.23. The van der Waals surface area contributed by atoms with Gasteiger partial charge in [-0.15, -0.1) is 0 Å². The second-order valence-corrected chi connectivity index (χ2v) is 5.45. The summed E-state index contributed by atoms with van der Waals surface area (Å²) in [7, 11) is 0. The van der Waals surface area contributed by atoms with Crippen LogP contribution in [0.15, 0.2) is 6.20 Å². The van der Waals surface area contributed by atoms with Crippen LogP contribution in [0.4, 0.5) is 0 Å². The van der Waals surface area contributed by atoms with Gasteiger partial charge in [0.25, 0.3) is 0 Å². The van der Waals surface area contributed by atoms with E-state index in [9.17, 15) is 0 Å². The molecule has 0 amide bonds. The van der Waals surface area contributed by atoms with Crippen molar-refractivity contribution in [3.8, 4) is 0 Å². The fourth-order valence-electron chi connectivity index (χ4n) is 2.47. The SMILES string of the molecule is CC(C)(C)n1ncc2c1CCCC2CN. The van der Waals surface area contributed by atoms with Crippen LogP contribution in [-0.2, 0) is 12.0 Å². The first-order valence-corrected chi connectivity index (χ1v) is 5.81. The molecule has 0 aromatic carbocycles. The summed E-state index contributed by atoms with van der Waals surface area (Å²) in [5.74, 6) is 0.532. The predicted octanol–water partition coefficient (Wildman–Crippen LogP) is 2.02. The topological polar surface area (TPSA) is 43.8 Å². The van der Waals surface area contributed by atoms with Crippen molar-refractivity contribution in [2.45, 2.75) is 51.5 Å². The molecule has 1 atom stereocenters.